The van der Waals surface area contributed by atoms with Gasteiger partial charge in [-0.3, -0.25) is 9.36 Å². The second-order valence-corrected chi connectivity index (χ2v) is 7.81. The fraction of sp³-hybridized carbons (Fsp3) is 0.318. The largest absolute Gasteiger partial charge is 0.349 e. The Kier molecular flexibility index (Phi) is 7.30. The van der Waals surface area contributed by atoms with E-state index in [0.29, 0.717) is 11.7 Å². The van der Waals surface area contributed by atoms with Crippen LogP contribution in [-0.4, -0.2) is 26.4 Å². The van der Waals surface area contributed by atoms with Crippen molar-refractivity contribution in [3.63, 3.8) is 0 Å². The number of nitrogens with one attached hydrogen (secondary N) is 2. The fourth-order valence-corrected chi connectivity index (χ4v) is 3.82. The Hall–Kier alpha value is -2.80. The van der Waals surface area contributed by atoms with Gasteiger partial charge < -0.3 is 5.32 Å². The van der Waals surface area contributed by atoms with Crippen LogP contribution in [-0.2, 0) is 24.2 Å². The highest BCUT2D eigenvalue weighted by Crippen LogP contribution is 2.16. The molecule has 1 aromatic heterocycles. The summed E-state index contributed by atoms with van der Waals surface area (Å²) in [6.07, 6.45) is 1.72. The lowest BCUT2D eigenvalue weighted by atomic mass is 10.1. The molecule has 0 spiro atoms. The Morgan fingerprint density at radius 2 is 1.86 bits per heavy atom. The van der Waals surface area contributed by atoms with Crippen molar-refractivity contribution in [3.8, 4) is 0 Å². The van der Waals surface area contributed by atoms with Crippen LogP contribution in [0, 0.1) is 0 Å². The Bertz CT molecular complexity index is 980. The topological polar surface area (TPSA) is 79.8 Å². The van der Waals surface area contributed by atoms with E-state index in [2.05, 4.69) is 34.6 Å². The van der Waals surface area contributed by atoms with Crippen LogP contribution in [0.4, 0.5) is 0 Å². The first-order valence-electron chi connectivity index (χ1n) is 9.77. The van der Waals surface area contributed by atoms with Crippen LogP contribution in [0.1, 0.15) is 36.6 Å². The number of carbonyl (C=O) groups is 1. The van der Waals surface area contributed by atoms with Crippen molar-refractivity contribution in [3.05, 3.63) is 81.8 Å². The number of benzene rings is 2. The number of thioether (sulfide) groups is 1. The van der Waals surface area contributed by atoms with Crippen LogP contribution in [0.3, 0.4) is 0 Å². The minimum Gasteiger partial charge on any atom is -0.349 e. The van der Waals surface area contributed by atoms with E-state index in [0.717, 1.165) is 24.0 Å². The second-order valence-electron chi connectivity index (χ2n) is 6.87. The number of aromatic nitrogens is 3. The first kappa shape index (κ1) is 20.9. The summed E-state index contributed by atoms with van der Waals surface area (Å²) < 4.78 is 1.58. The summed E-state index contributed by atoms with van der Waals surface area (Å²) >= 11 is 1.26. The van der Waals surface area contributed by atoms with Gasteiger partial charge in [-0.15, -0.1) is 5.10 Å². The van der Waals surface area contributed by atoms with Gasteiger partial charge >= 0.3 is 5.69 Å². The van der Waals surface area contributed by atoms with E-state index in [1.807, 2.05) is 49.4 Å². The number of hydrogen-bond acceptors (Lipinski definition) is 4. The number of hydrogen-bond donors (Lipinski definition) is 2. The number of nitrogens with zero attached hydrogens (tertiary/aromatic N) is 2. The van der Waals surface area contributed by atoms with Gasteiger partial charge in [0.2, 0.25) is 5.91 Å². The van der Waals surface area contributed by atoms with E-state index in [-0.39, 0.29) is 23.4 Å². The van der Waals surface area contributed by atoms with Crippen LogP contribution < -0.4 is 11.0 Å². The smallest absolute Gasteiger partial charge is 0.343 e. The van der Waals surface area contributed by atoms with Crippen molar-refractivity contribution in [2.24, 2.45) is 0 Å². The molecule has 1 heterocycles. The molecule has 2 aromatic carbocycles. The molecule has 0 bridgehead atoms. The highest BCUT2D eigenvalue weighted by molar-refractivity contribution is 7.99. The number of H-pyrrole nitrogens is 1. The Morgan fingerprint density at radius 1 is 1.14 bits per heavy atom. The number of rotatable bonds is 9. The van der Waals surface area contributed by atoms with Crippen molar-refractivity contribution in [2.75, 3.05) is 5.75 Å². The van der Waals surface area contributed by atoms with Crippen LogP contribution in [0.25, 0.3) is 0 Å². The molecule has 7 heteroatoms. The van der Waals surface area contributed by atoms with Crippen LogP contribution in [0.2, 0.25) is 0 Å². The van der Waals surface area contributed by atoms with Gasteiger partial charge in [-0.1, -0.05) is 73.3 Å². The molecule has 1 atom stereocenters. The minimum atomic E-state index is -0.256. The summed E-state index contributed by atoms with van der Waals surface area (Å²) in [6.45, 7) is 4.60. The van der Waals surface area contributed by atoms with Crippen molar-refractivity contribution >= 4 is 17.7 Å². The molecular weight excluding hydrogens is 384 g/mol. The summed E-state index contributed by atoms with van der Waals surface area (Å²) in [5.41, 5.74) is 3.24. The quantitative estimate of drug-likeness (QED) is 0.530. The molecule has 0 radical (unpaired) electrons. The van der Waals surface area contributed by atoms with Crippen molar-refractivity contribution in [1.82, 2.24) is 20.1 Å². The molecule has 0 saturated carbocycles. The monoisotopic (exact) mass is 410 g/mol. The van der Waals surface area contributed by atoms with Gasteiger partial charge in [-0.05, 0) is 36.5 Å². The lowest BCUT2D eigenvalue weighted by Crippen LogP contribution is -2.28. The molecule has 6 nitrogen and oxygen atoms in total. The van der Waals surface area contributed by atoms with Gasteiger partial charge in [0.05, 0.1) is 11.8 Å². The molecule has 0 saturated heterocycles. The molecular formula is C22H26N4O2S. The highest BCUT2D eigenvalue weighted by Gasteiger charge is 2.14. The summed E-state index contributed by atoms with van der Waals surface area (Å²) in [5.74, 6) is 0.111. The van der Waals surface area contributed by atoms with Crippen LogP contribution in [0.5, 0.6) is 0 Å². The Labute approximate surface area is 174 Å². The molecule has 0 unspecified atom stereocenters. The maximum atomic E-state index is 12.4. The molecule has 2 N–H and O–H groups in total. The van der Waals surface area contributed by atoms with E-state index in [1.165, 1.54) is 17.3 Å². The normalized spacial score (nSPS) is 11.9. The summed E-state index contributed by atoms with van der Waals surface area (Å²) in [7, 11) is 0. The number of aromatic amines is 1. The van der Waals surface area contributed by atoms with E-state index >= 15 is 0 Å². The third kappa shape index (κ3) is 5.84. The first-order chi connectivity index (χ1) is 14.1. The van der Waals surface area contributed by atoms with Crippen LogP contribution >= 0.6 is 11.8 Å². The van der Waals surface area contributed by atoms with Gasteiger partial charge in [0.1, 0.15) is 0 Å². The third-order valence-electron chi connectivity index (χ3n) is 4.79. The van der Waals surface area contributed by atoms with Gasteiger partial charge in [0.15, 0.2) is 5.16 Å². The average molecular weight is 411 g/mol. The Balaban J connectivity index is 1.54. The predicted octanol–water partition coefficient (Wildman–Crippen LogP) is 3.35. The zero-order chi connectivity index (χ0) is 20.6. The summed E-state index contributed by atoms with van der Waals surface area (Å²) in [4.78, 5) is 24.4. The molecule has 0 fully saturated rings. The maximum absolute atomic E-state index is 12.4. The van der Waals surface area contributed by atoms with E-state index < -0.39 is 0 Å². The standard InChI is InChI=1S/C22H26N4O2S/c1-3-17-9-11-19(12-10-17)16(2)23-20(27)15-29-22-25-24-21(28)26(22)14-13-18-7-5-4-6-8-18/h4-12,16H,3,13-15H2,1-2H3,(H,23,27)(H,24,28)/t16-/m1/s1. The lowest BCUT2D eigenvalue weighted by Gasteiger charge is -2.14. The minimum absolute atomic E-state index is 0.0755. The maximum Gasteiger partial charge on any atom is 0.343 e. The molecule has 1 amide bonds. The second kappa shape index (κ2) is 10.1. The summed E-state index contributed by atoms with van der Waals surface area (Å²) in [6, 6.07) is 18.2. The van der Waals surface area contributed by atoms with E-state index in [1.54, 1.807) is 4.57 Å². The number of amides is 1. The van der Waals surface area contributed by atoms with Crippen LogP contribution in [0.15, 0.2) is 64.5 Å². The molecule has 0 aliphatic heterocycles. The van der Waals surface area contributed by atoms with Gasteiger partial charge in [0, 0.05) is 6.54 Å². The third-order valence-corrected chi connectivity index (χ3v) is 5.76. The number of carbonyl (C=O) groups excluding carboxylic acids is 1. The average Bonchev–Trinajstić information content (AvgIpc) is 3.11. The lowest BCUT2D eigenvalue weighted by molar-refractivity contribution is -0.119. The van der Waals surface area contributed by atoms with E-state index in [9.17, 15) is 9.59 Å². The fourth-order valence-electron chi connectivity index (χ4n) is 3.03. The van der Waals surface area contributed by atoms with Gasteiger partial charge in [-0.25, -0.2) is 9.89 Å². The van der Waals surface area contributed by atoms with E-state index in [4.69, 9.17) is 0 Å². The Morgan fingerprint density at radius 3 is 2.55 bits per heavy atom. The zero-order valence-corrected chi connectivity index (χ0v) is 17.5. The zero-order valence-electron chi connectivity index (χ0n) is 16.7. The summed E-state index contributed by atoms with van der Waals surface area (Å²) in [5, 5.41) is 10.1. The van der Waals surface area contributed by atoms with Crippen molar-refractivity contribution in [1.29, 1.82) is 0 Å². The molecule has 152 valence electrons. The van der Waals surface area contributed by atoms with Gasteiger partial charge in [-0.2, -0.15) is 0 Å². The molecule has 29 heavy (non-hydrogen) atoms. The first-order valence-corrected chi connectivity index (χ1v) is 10.8. The number of aryl methyl sites for hydroxylation is 2. The van der Waals surface area contributed by atoms with Crippen molar-refractivity contribution in [2.45, 2.75) is 44.4 Å². The molecule has 0 aliphatic carbocycles. The molecule has 3 rings (SSSR count). The predicted molar refractivity (Wildman–Crippen MR) is 116 cm³/mol. The van der Waals surface area contributed by atoms with Crippen molar-refractivity contribution < 1.29 is 4.79 Å². The highest BCUT2D eigenvalue weighted by atomic mass is 32.2. The molecule has 3 aromatic rings. The SMILES string of the molecule is CCc1ccc([C@@H](C)NC(=O)CSc2n[nH]c(=O)n2CCc2ccccc2)cc1. The van der Waals surface area contributed by atoms with Gasteiger partial charge in [0.25, 0.3) is 0 Å². The molecule has 0 aliphatic rings.